The van der Waals surface area contributed by atoms with Crippen LogP contribution in [-0.4, -0.2) is 34.3 Å². The highest BCUT2D eigenvalue weighted by molar-refractivity contribution is 5.87. The first-order valence-electron chi connectivity index (χ1n) is 9.63. The van der Waals surface area contributed by atoms with E-state index in [1.165, 1.54) is 0 Å². The number of hydrogen-bond donors (Lipinski definition) is 1. The SMILES string of the molecule is COc1cccc(C2Oc3cccc(OC)c3-c3ccc([N+](C)(C)C(N)=O)cc32)c1. The third-order valence-corrected chi connectivity index (χ3v) is 5.63. The number of nitrogens with zero attached hydrogens (tertiary/aromatic N) is 1. The first-order valence-corrected chi connectivity index (χ1v) is 9.63. The van der Waals surface area contributed by atoms with Crippen LogP contribution in [0.3, 0.4) is 0 Å². The average Bonchev–Trinajstić information content (AvgIpc) is 2.77. The number of quaternary nitrogens is 1. The fourth-order valence-electron chi connectivity index (χ4n) is 3.76. The zero-order valence-corrected chi connectivity index (χ0v) is 17.5. The normalized spacial score (nSPS) is 14.9. The van der Waals surface area contributed by atoms with Gasteiger partial charge in [-0.25, -0.2) is 9.28 Å². The van der Waals surface area contributed by atoms with Crippen molar-refractivity contribution in [2.24, 2.45) is 5.73 Å². The summed E-state index contributed by atoms with van der Waals surface area (Å²) in [6.07, 6.45) is -0.373. The second kappa shape index (κ2) is 7.39. The molecule has 0 saturated carbocycles. The molecule has 0 spiro atoms. The quantitative estimate of drug-likeness (QED) is 0.649. The summed E-state index contributed by atoms with van der Waals surface area (Å²) in [5.74, 6) is 2.22. The van der Waals surface area contributed by atoms with Crippen molar-refractivity contribution in [2.45, 2.75) is 6.10 Å². The summed E-state index contributed by atoms with van der Waals surface area (Å²) in [6.45, 7) is 0. The molecule has 0 aromatic heterocycles. The molecule has 2 N–H and O–H groups in total. The maximum atomic E-state index is 12.1. The number of benzene rings is 3. The second-order valence-corrected chi connectivity index (χ2v) is 7.67. The molecule has 1 aliphatic heterocycles. The van der Waals surface area contributed by atoms with Crippen LogP contribution < -0.4 is 24.4 Å². The predicted molar refractivity (Wildman–Crippen MR) is 117 cm³/mol. The van der Waals surface area contributed by atoms with Crippen LogP contribution in [-0.2, 0) is 0 Å². The van der Waals surface area contributed by atoms with Gasteiger partial charge >= 0.3 is 6.03 Å². The summed E-state index contributed by atoms with van der Waals surface area (Å²) in [5.41, 5.74) is 10.2. The number of carbonyl (C=O) groups is 1. The van der Waals surface area contributed by atoms with E-state index in [1.54, 1.807) is 28.3 Å². The molecule has 0 bridgehead atoms. The summed E-state index contributed by atoms with van der Waals surface area (Å²) < 4.78 is 17.4. The Morgan fingerprint density at radius 2 is 1.77 bits per heavy atom. The van der Waals surface area contributed by atoms with Crippen LogP contribution in [0.4, 0.5) is 10.5 Å². The molecule has 0 fully saturated rings. The van der Waals surface area contributed by atoms with Crippen LogP contribution in [0.5, 0.6) is 17.2 Å². The minimum Gasteiger partial charge on any atom is -0.497 e. The molecule has 1 atom stereocenters. The highest BCUT2D eigenvalue weighted by Gasteiger charge is 2.34. The Balaban J connectivity index is 1.96. The number of amides is 2. The van der Waals surface area contributed by atoms with E-state index in [0.717, 1.165) is 45.2 Å². The highest BCUT2D eigenvalue weighted by atomic mass is 16.5. The number of ether oxygens (including phenoxy) is 3. The minimum absolute atomic E-state index is 0.0725. The van der Waals surface area contributed by atoms with Gasteiger partial charge < -0.3 is 19.9 Å². The van der Waals surface area contributed by atoms with Gasteiger partial charge in [-0.3, -0.25) is 0 Å². The van der Waals surface area contributed by atoms with Gasteiger partial charge in [-0.05, 0) is 35.9 Å². The Morgan fingerprint density at radius 3 is 2.47 bits per heavy atom. The average molecular weight is 405 g/mol. The molecule has 3 aromatic carbocycles. The molecule has 2 amide bonds. The van der Waals surface area contributed by atoms with Crippen molar-refractivity contribution < 1.29 is 19.0 Å². The Bertz CT molecular complexity index is 1120. The molecule has 0 saturated heterocycles. The fraction of sp³-hybridized carbons (Fsp3) is 0.208. The summed E-state index contributed by atoms with van der Waals surface area (Å²) in [7, 11) is 6.82. The number of methoxy groups -OCH3 is 2. The van der Waals surface area contributed by atoms with Gasteiger partial charge in [0, 0.05) is 23.3 Å². The van der Waals surface area contributed by atoms with Crippen molar-refractivity contribution in [3.8, 4) is 28.4 Å². The van der Waals surface area contributed by atoms with E-state index in [4.69, 9.17) is 19.9 Å². The molecular weight excluding hydrogens is 380 g/mol. The van der Waals surface area contributed by atoms with E-state index >= 15 is 0 Å². The van der Waals surface area contributed by atoms with E-state index in [9.17, 15) is 4.79 Å². The lowest BCUT2D eigenvalue weighted by atomic mass is 9.88. The second-order valence-electron chi connectivity index (χ2n) is 7.67. The number of rotatable bonds is 4. The van der Waals surface area contributed by atoms with E-state index in [0.29, 0.717) is 0 Å². The zero-order valence-electron chi connectivity index (χ0n) is 17.5. The molecule has 1 heterocycles. The number of urea groups is 1. The minimum atomic E-state index is -0.442. The van der Waals surface area contributed by atoms with E-state index in [-0.39, 0.29) is 10.6 Å². The number of hydrogen-bond acceptors (Lipinski definition) is 4. The van der Waals surface area contributed by atoms with Crippen LogP contribution in [0.1, 0.15) is 17.2 Å². The van der Waals surface area contributed by atoms with Gasteiger partial charge in [-0.2, -0.15) is 0 Å². The zero-order chi connectivity index (χ0) is 21.5. The smallest absolute Gasteiger partial charge is 0.418 e. The maximum Gasteiger partial charge on any atom is 0.418 e. The van der Waals surface area contributed by atoms with Crippen molar-refractivity contribution in [2.75, 3.05) is 28.3 Å². The molecule has 154 valence electrons. The van der Waals surface area contributed by atoms with E-state index in [2.05, 4.69) is 0 Å². The van der Waals surface area contributed by atoms with Gasteiger partial charge in [-0.1, -0.05) is 18.2 Å². The number of primary amides is 1. The third kappa shape index (κ3) is 3.15. The van der Waals surface area contributed by atoms with Crippen molar-refractivity contribution >= 4 is 11.7 Å². The molecule has 1 aliphatic rings. The van der Waals surface area contributed by atoms with Crippen molar-refractivity contribution in [3.63, 3.8) is 0 Å². The van der Waals surface area contributed by atoms with Gasteiger partial charge in [0.05, 0.1) is 33.9 Å². The first-order chi connectivity index (χ1) is 14.4. The van der Waals surface area contributed by atoms with Crippen LogP contribution in [0.25, 0.3) is 11.1 Å². The molecular formula is C24H25N2O4+. The monoisotopic (exact) mass is 405 g/mol. The van der Waals surface area contributed by atoms with Crippen LogP contribution >= 0.6 is 0 Å². The molecule has 6 nitrogen and oxygen atoms in total. The molecule has 0 radical (unpaired) electrons. The maximum absolute atomic E-state index is 12.1. The van der Waals surface area contributed by atoms with Crippen LogP contribution in [0.15, 0.2) is 60.7 Å². The van der Waals surface area contributed by atoms with Crippen LogP contribution in [0.2, 0.25) is 0 Å². The van der Waals surface area contributed by atoms with Gasteiger partial charge in [0.1, 0.15) is 29.0 Å². The summed E-state index contributed by atoms with van der Waals surface area (Å²) in [6, 6.07) is 19.0. The summed E-state index contributed by atoms with van der Waals surface area (Å²) in [5, 5.41) is 0. The Labute approximate surface area is 176 Å². The summed E-state index contributed by atoms with van der Waals surface area (Å²) >= 11 is 0. The fourth-order valence-corrected chi connectivity index (χ4v) is 3.76. The Kier molecular flexibility index (Phi) is 4.87. The van der Waals surface area contributed by atoms with Crippen molar-refractivity contribution in [1.29, 1.82) is 0 Å². The van der Waals surface area contributed by atoms with E-state index < -0.39 is 6.03 Å². The highest BCUT2D eigenvalue weighted by Crippen LogP contribution is 2.50. The third-order valence-electron chi connectivity index (χ3n) is 5.63. The van der Waals surface area contributed by atoms with Gasteiger partial charge in [0.25, 0.3) is 0 Å². The molecule has 1 unspecified atom stereocenters. The largest absolute Gasteiger partial charge is 0.497 e. The number of nitrogens with two attached hydrogens (primary N) is 1. The Morgan fingerprint density at radius 1 is 1.00 bits per heavy atom. The van der Waals surface area contributed by atoms with Crippen molar-refractivity contribution in [1.82, 2.24) is 4.48 Å². The molecule has 4 rings (SSSR count). The summed E-state index contributed by atoms with van der Waals surface area (Å²) in [4.78, 5) is 12.1. The molecule has 30 heavy (non-hydrogen) atoms. The lowest BCUT2D eigenvalue weighted by Crippen LogP contribution is -2.50. The van der Waals surface area contributed by atoms with Gasteiger partial charge in [0.15, 0.2) is 0 Å². The van der Waals surface area contributed by atoms with Crippen molar-refractivity contribution in [3.05, 3.63) is 71.8 Å². The van der Waals surface area contributed by atoms with Gasteiger partial charge in [0.2, 0.25) is 0 Å². The van der Waals surface area contributed by atoms with E-state index in [1.807, 2.05) is 60.7 Å². The molecule has 6 heteroatoms. The molecule has 3 aromatic rings. The topological polar surface area (TPSA) is 70.8 Å². The first kappa shape index (κ1) is 19.8. The number of carbonyl (C=O) groups excluding carboxylic acids is 1. The number of fused-ring (bicyclic) bond motifs is 3. The lowest BCUT2D eigenvalue weighted by Gasteiger charge is -2.32. The predicted octanol–water partition coefficient (Wildman–Crippen LogP) is 4.50. The van der Waals surface area contributed by atoms with Crippen LogP contribution in [0, 0.1) is 0 Å². The van der Waals surface area contributed by atoms with Gasteiger partial charge in [-0.15, -0.1) is 0 Å². The standard InChI is InChI=1S/C24H24N2O4/c1-26(2,24(25)27)16-11-12-18-19(14-16)23(15-7-5-8-17(13-15)28-3)30-21-10-6-9-20(29-4)22(18)21/h5-14,23H,1-4H3,(H-,25,27)/p+1. The lowest BCUT2D eigenvalue weighted by molar-refractivity contribution is 0.226. The molecule has 0 aliphatic carbocycles. The Hall–Kier alpha value is -3.51.